The maximum absolute atomic E-state index is 12.0. The molecule has 0 spiro atoms. The summed E-state index contributed by atoms with van der Waals surface area (Å²) in [6.45, 7) is 2.19. The van der Waals surface area contributed by atoms with Gasteiger partial charge in [-0.25, -0.2) is 4.79 Å². The van der Waals surface area contributed by atoms with Gasteiger partial charge in [0.2, 0.25) is 0 Å². The first-order valence-electron chi connectivity index (χ1n) is 8.97. The topological polar surface area (TPSA) is 63.9 Å². The number of benzene rings is 2. The highest BCUT2D eigenvalue weighted by Crippen LogP contribution is 2.22. The molecule has 3 rings (SSSR count). The smallest absolute Gasteiger partial charge is 0.343 e. The Balaban J connectivity index is 1.58. The lowest BCUT2D eigenvalue weighted by molar-refractivity contribution is 0.0734. The summed E-state index contributed by atoms with van der Waals surface area (Å²) >= 11 is 0. The minimum Gasteiger partial charge on any atom is -0.423 e. The molecule has 27 heavy (non-hydrogen) atoms. The van der Waals surface area contributed by atoms with Crippen molar-refractivity contribution in [2.75, 3.05) is 0 Å². The number of ether oxygens (including phenoxy) is 1. The van der Waals surface area contributed by atoms with E-state index >= 15 is 0 Å². The number of unbranched alkanes of at least 4 members (excludes halogenated alkanes) is 1. The van der Waals surface area contributed by atoms with Gasteiger partial charge < -0.3 is 4.74 Å². The van der Waals surface area contributed by atoms with Crippen LogP contribution in [0.15, 0.2) is 83.3 Å². The van der Waals surface area contributed by atoms with Crippen LogP contribution in [0.25, 0.3) is 0 Å². The van der Waals surface area contributed by atoms with Crippen LogP contribution in [0.5, 0.6) is 5.75 Å². The molecule has 0 aliphatic carbocycles. The second-order valence-corrected chi connectivity index (χ2v) is 6.09. The summed E-state index contributed by atoms with van der Waals surface area (Å²) in [7, 11) is 0. The molecule has 0 radical (unpaired) electrons. The molecule has 0 saturated carbocycles. The number of aromatic nitrogens is 1. The third-order valence-electron chi connectivity index (χ3n) is 4.00. The lowest BCUT2D eigenvalue weighted by Crippen LogP contribution is -2.08. The first-order valence-corrected chi connectivity index (χ1v) is 8.97. The van der Waals surface area contributed by atoms with Crippen LogP contribution in [0.4, 0.5) is 11.4 Å². The molecule has 0 amide bonds. The lowest BCUT2D eigenvalue weighted by atomic mass is 10.1. The van der Waals surface area contributed by atoms with E-state index in [-0.39, 0.29) is 0 Å². The fourth-order valence-electron chi connectivity index (χ4n) is 2.46. The fraction of sp³-hybridized carbons (Fsp3) is 0.182. The predicted octanol–water partition coefficient (Wildman–Crippen LogP) is 6.06. The van der Waals surface area contributed by atoms with Gasteiger partial charge in [0.1, 0.15) is 5.75 Å². The highest BCUT2D eigenvalue weighted by molar-refractivity contribution is 5.90. The monoisotopic (exact) mass is 359 g/mol. The third kappa shape index (κ3) is 5.57. The van der Waals surface area contributed by atoms with Gasteiger partial charge in [-0.1, -0.05) is 25.5 Å². The van der Waals surface area contributed by atoms with Gasteiger partial charge >= 0.3 is 5.97 Å². The number of hydrogen-bond donors (Lipinski definition) is 0. The Morgan fingerprint density at radius 3 is 2.07 bits per heavy atom. The molecule has 0 unspecified atom stereocenters. The molecule has 3 aromatic rings. The van der Waals surface area contributed by atoms with Crippen LogP contribution in [0.1, 0.15) is 35.7 Å². The molecule has 0 atom stereocenters. The Bertz CT molecular complexity index is 889. The van der Waals surface area contributed by atoms with E-state index in [4.69, 9.17) is 4.74 Å². The van der Waals surface area contributed by atoms with E-state index in [9.17, 15) is 4.79 Å². The Morgan fingerprint density at radius 1 is 0.889 bits per heavy atom. The van der Waals surface area contributed by atoms with Crippen molar-refractivity contribution in [3.05, 3.63) is 84.2 Å². The second-order valence-electron chi connectivity index (χ2n) is 6.09. The molecule has 5 nitrogen and oxygen atoms in total. The summed E-state index contributed by atoms with van der Waals surface area (Å²) in [5.41, 5.74) is 3.27. The van der Waals surface area contributed by atoms with Crippen molar-refractivity contribution in [2.24, 2.45) is 10.2 Å². The lowest BCUT2D eigenvalue weighted by Gasteiger charge is -2.04. The van der Waals surface area contributed by atoms with Gasteiger partial charge in [0.15, 0.2) is 0 Å². The maximum atomic E-state index is 12.0. The van der Waals surface area contributed by atoms with Crippen molar-refractivity contribution < 1.29 is 9.53 Å². The zero-order chi connectivity index (χ0) is 18.9. The van der Waals surface area contributed by atoms with Crippen LogP contribution < -0.4 is 4.74 Å². The van der Waals surface area contributed by atoms with Crippen LogP contribution in [0, 0.1) is 0 Å². The van der Waals surface area contributed by atoms with E-state index in [1.54, 1.807) is 48.8 Å². The number of aryl methyl sites for hydroxylation is 1. The van der Waals surface area contributed by atoms with Crippen LogP contribution >= 0.6 is 0 Å². The predicted molar refractivity (Wildman–Crippen MR) is 105 cm³/mol. The fourth-order valence-corrected chi connectivity index (χ4v) is 2.46. The van der Waals surface area contributed by atoms with E-state index in [1.807, 2.05) is 12.1 Å². The van der Waals surface area contributed by atoms with Crippen molar-refractivity contribution in [1.29, 1.82) is 0 Å². The maximum Gasteiger partial charge on any atom is 0.343 e. The molecule has 0 N–H and O–H groups in total. The summed E-state index contributed by atoms with van der Waals surface area (Å²) in [4.78, 5) is 15.9. The standard InChI is InChI=1S/C22H21N3O2/c1-2-3-4-17-5-7-19(8-6-17)24-25-20-9-11-21(12-10-20)27-22(26)18-13-15-23-16-14-18/h5-16H,2-4H2,1H3. The first kappa shape index (κ1) is 18.5. The van der Waals surface area contributed by atoms with Crippen molar-refractivity contribution in [3.8, 4) is 5.75 Å². The van der Waals surface area contributed by atoms with Crippen molar-refractivity contribution in [1.82, 2.24) is 4.98 Å². The van der Waals surface area contributed by atoms with Crippen LogP contribution in [0.2, 0.25) is 0 Å². The van der Waals surface area contributed by atoms with Crippen LogP contribution in [-0.2, 0) is 6.42 Å². The quantitative estimate of drug-likeness (QED) is 0.293. The number of rotatable bonds is 7. The molecule has 0 bridgehead atoms. The van der Waals surface area contributed by atoms with Crippen molar-refractivity contribution in [3.63, 3.8) is 0 Å². The van der Waals surface area contributed by atoms with E-state index in [1.165, 1.54) is 18.4 Å². The number of pyridine rings is 1. The van der Waals surface area contributed by atoms with Gasteiger partial charge in [0.05, 0.1) is 16.9 Å². The molecule has 5 heteroatoms. The van der Waals surface area contributed by atoms with Crippen LogP contribution in [-0.4, -0.2) is 11.0 Å². The number of esters is 1. The number of nitrogens with zero attached hydrogens (tertiary/aromatic N) is 3. The zero-order valence-electron chi connectivity index (χ0n) is 15.2. The van der Waals surface area contributed by atoms with Gasteiger partial charge in [-0.15, -0.1) is 0 Å². The Hall–Kier alpha value is -3.34. The molecular weight excluding hydrogens is 338 g/mol. The summed E-state index contributed by atoms with van der Waals surface area (Å²) < 4.78 is 5.32. The Labute approximate surface area is 158 Å². The number of carbonyl (C=O) groups excluding carboxylic acids is 1. The van der Waals surface area contributed by atoms with E-state index < -0.39 is 5.97 Å². The molecule has 0 aliphatic rings. The van der Waals surface area contributed by atoms with Gasteiger partial charge in [-0.05, 0) is 66.9 Å². The highest BCUT2D eigenvalue weighted by atomic mass is 16.5. The van der Waals surface area contributed by atoms with Crippen molar-refractivity contribution >= 4 is 17.3 Å². The highest BCUT2D eigenvalue weighted by Gasteiger charge is 2.07. The summed E-state index contributed by atoms with van der Waals surface area (Å²) in [6.07, 6.45) is 6.58. The number of hydrogen-bond acceptors (Lipinski definition) is 5. The molecule has 1 aromatic heterocycles. The van der Waals surface area contributed by atoms with Crippen molar-refractivity contribution in [2.45, 2.75) is 26.2 Å². The Morgan fingerprint density at radius 2 is 1.48 bits per heavy atom. The van der Waals surface area contributed by atoms with E-state index in [0.717, 1.165) is 12.1 Å². The summed E-state index contributed by atoms with van der Waals surface area (Å²) in [6, 6.07) is 18.2. The Kier molecular flexibility index (Phi) is 6.41. The van der Waals surface area contributed by atoms with Gasteiger partial charge in [-0.3, -0.25) is 4.98 Å². The van der Waals surface area contributed by atoms with Crippen LogP contribution in [0.3, 0.4) is 0 Å². The van der Waals surface area contributed by atoms with E-state index in [2.05, 4.69) is 34.3 Å². The molecule has 0 aliphatic heterocycles. The van der Waals surface area contributed by atoms with E-state index in [0.29, 0.717) is 17.0 Å². The van der Waals surface area contributed by atoms with Gasteiger partial charge in [0.25, 0.3) is 0 Å². The van der Waals surface area contributed by atoms with Gasteiger partial charge in [-0.2, -0.15) is 10.2 Å². The molecule has 2 aromatic carbocycles. The SMILES string of the molecule is CCCCc1ccc(N=Nc2ccc(OC(=O)c3ccncc3)cc2)cc1. The number of carbonyl (C=O) groups is 1. The molecule has 1 heterocycles. The number of azo groups is 1. The molecule has 0 fully saturated rings. The van der Waals surface area contributed by atoms with Gasteiger partial charge in [0, 0.05) is 12.4 Å². The largest absolute Gasteiger partial charge is 0.423 e. The second kappa shape index (κ2) is 9.38. The first-order chi connectivity index (χ1) is 13.2. The average Bonchev–Trinajstić information content (AvgIpc) is 2.73. The summed E-state index contributed by atoms with van der Waals surface area (Å²) in [5.74, 6) is 0.0333. The molecule has 0 saturated heterocycles. The minimum absolute atomic E-state index is 0.421. The minimum atomic E-state index is -0.421. The molecular formula is C22H21N3O2. The summed E-state index contributed by atoms with van der Waals surface area (Å²) in [5, 5.41) is 8.47. The average molecular weight is 359 g/mol. The third-order valence-corrected chi connectivity index (χ3v) is 4.00. The zero-order valence-corrected chi connectivity index (χ0v) is 15.2. The normalized spacial score (nSPS) is 10.9. The molecule has 136 valence electrons.